The Morgan fingerprint density at radius 2 is 1.05 bits per heavy atom. The van der Waals surface area contributed by atoms with Crippen LogP contribution in [-0.2, 0) is 11.3 Å². The van der Waals surface area contributed by atoms with Gasteiger partial charge in [-0.05, 0) is 53.2 Å². The number of carbonyl (C=O) groups is 2. The fraction of sp³-hybridized carbons (Fsp3) is 0.0323. The molecule has 1 aliphatic heterocycles. The second-order valence-electron chi connectivity index (χ2n) is 8.95. The fourth-order valence-electron chi connectivity index (χ4n) is 5.05. The van der Waals surface area contributed by atoms with Crippen LogP contribution in [0.25, 0.3) is 49.7 Å². The van der Waals surface area contributed by atoms with Crippen LogP contribution >= 0.6 is 11.8 Å². The lowest BCUT2D eigenvalue weighted by Gasteiger charge is -2.16. The van der Waals surface area contributed by atoms with E-state index in [1.165, 1.54) is 4.90 Å². The van der Waals surface area contributed by atoms with E-state index in [1.807, 2.05) is 103 Å². The van der Waals surface area contributed by atoms with E-state index in [2.05, 4.69) is 0 Å². The van der Waals surface area contributed by atoms with Crippen molar-refractivity contribution in [3.63, 3.8) is 0 Å². The summed E-state index contributed by atoms with van der Waals surface area (Å²) in [6.45, 7) is 0.184. The number of carbonyl (C=O) groups excluding carboxylic acids is 2. The van der Waals surface area contributed by atoms with Gasteiger partial charge < -0.3 is 0 Å². The molecule has 0 aliphatic carbocycles. The number of amides is 2. The van der Waals surface area contributed by atoms with Gasteiger partial charge in [-0.3, -0.25) is 14.5 Å². The van der Waals surface area contributed by atoms with Gasteiger partial charge in [0.05, 0.1) is 33.5 Å². The van der Waals surface area contributed by atoms with Crippen molar-refractivity contribution in [3.8, 4) is 0 Å². The van der Waals surface area contributed by atoms with Gasteiger partial charge in [-0.25, -0.2) is 9.97 Å². The topological polar surface area (TPSA) is 63.2 Å². The predicted octanol–water partition coefficient (Wildman–Crippen LogP) is 7.33. The number of aromatic nitrogens is 2. The molecule has 2 aromatic heterocycles. The standard InChI is InChI=1S/C31H19N3O2S/c35-30-29(17-23-19-9-1-5-13-25(19)32-26-14-6-2-10-20(23)26)37-31(36)34(30)18-24-21-11-3-7-15-27(21)33-28-16-8-4-12-22(24)28/h1-17H,18H2. The maximum Gasteiger partial charge on any atom is 0.293 e. The van der Waals surface area contributed by atoms with Gasteiger partial charge in [-0.2, -0.15) is 0 Å². The third kappa shape index (κ3) is 3.57. The first-order valence-corrected chi connectivity index (χ1v) is 12.8. The number of thioether (sulfide) groups is 1. The van der Waals surface area contributed by atoms with Crippen molar-refractivity contribution in [1.29, 1.82) is 0 Å². The molecular formula is C31H19N3O2S. The SMILES string of the molecule is O=C1SC(=Cc2c3ccccc3nc3ccccc23)C(=O)N1Cc1c2ccccc2nc2ccccc12. The molecule has 1 saturated heterocycles. The largest absolute Gasteiger partial charge is 0.293 e. The van der Waals surface area contributed by atoms with Crippen LogP contribution < -0.4 is 0 Å². The molecule has 6 heteroatoms. The van der Waals surface area contributed by atoms with E-state index in [0.29, 0.717) is 4.91 Å². The molecule has 2 amide bonds. The molecule has 7 rings (SSSR count). The van der Waals surface area contributed by atoms with Crippen molar-refractivity contribution in [2.24, 2.45) is 0 Å². The van der Waals surface area contributed by atoms with Crippen molar-refractivity contribution in [1.82, 2.24) is 14.9 Å². The molecule has 1 aliphatic rings. The zero-order valence-corrected chi connectivity index (χ0v) is 20.4. The van der Waals surface area contributed by atoms with Gasteiger partial charge in [0.25, 0.3) is 11.1 Å². The van der Waals surface area contributed by atoms with E-state index in [1.54, 1.807) is 0 Å². The summed E-state index contributed by atoms with van der Waals surface area (Å²) in [5.74, 6) is -0.287. The van der Waals surface area contributed by atoms with E-state index in [0.717, 1.165) is 66.5 Å². The number of hydrogen-bond acceptors (Lipinski definition) is 5. The molecule has 0 N–H and O–H groups in total. The first-order valence-electron chi connectivity index (χ1n) is 12.0. The van der Waals surface area contributed by atoms with Gasteiger partial charge in [0.15, 0.2) is 0 Å². The van der Waals surface area contributed by atoms with Gasteiger partial charge in [0.2, 0.25) is 0 Å². The van der Waals surface area contributed by atoms with Gasteiger partial charge in [-0.1, -0.05) is 72.8 Å². The molecule has 0 saturated carbocycles. The highest BCUT2D eigenvalue weighted by molar-refractivity contribution is 8.18. The predicted molar refractivity (Wildman–Crippen MR) is 150 cm³/mol. The van der Waals surface area contributed by atoms with Crippen LogP contribution in [0.5, 0.6) is 0 Å². The number of fused-ring (bicyclic) bond motifs is 4. The Morgan fingerprint density at radius 1 is 0.622 bits per heavy atom. The van der Waals surface area contributed by atoms with Gasteiger partial charge in [-0.15, -0.1) is 0 Å². The Morgan fingerprint density at radius 3 is 1.57 bits per heavy atom. The molecule has 5 nitrogen and oxygen atoms in total. The molecule has 0 bridgehead atoms. The summed E-state index contributed by atoms with van der Waals surface area (Å²) in [7, 11) is 0. The highest BCUT2D eigenvalue weighted by Gasteiger charge is 2.36. The average Bonchev–Trinajstić information content (AvgIpc) is 3.20. The van der Waals surface area contributed by atoms with Crippen LogP contribution in [0, 0.1) is 0 Å². The lowest BCUT2D eigenvalue weighted by atomic mass is 10.0. The molecular weight excluding hydrogens is 478 g/mol. The molecule has 37 heavy (non-hydrogen) atoms. The Labute approximate surface area is 216 Å². The molecule has 176 valence electrons. The number of imide groups is 1. The Balaban J connectivity index is 1.35. The van der Waals surface area contributed by atoms with Crippen molar-refractivity contribution < 1.29 is 9.59 Å². The number of pyridine rings is 2. The molecule has 0 unspecified atom stereocenters. The summed E-state index contributed by atoms with van der Waals surface area (Å²) in [5.41, 5.74) is 5.20. The Kier molecular flexibility index (Phi) is 5.01. The van der Waals surface area contributed by atoms with Crippen LogP contribution in [0.15, 0.2) is 102 Å². The quantitative estimate of drug-likeness (QED) is 0.189. The van der Waals surface area contributed by atoms with E-state index in [-0.39, 0.29) is 17.7 Å². The third-order valence-corrected chi connectivity index (χ3v) is 7.70. The second kappa shape index (κ2) is 8.54. The molecule has 0 spiro atoms. The second-order valence-corrected chi connectivity index (χ2v) is 9.95. The highest BCUT2D eigenvalue weighted by Crippen LogP contribution is 2.38. The zero-order valence-electron chi connectivity index (χ0n) is 19.6. The summed E-state index contributed by atoms with van der Waals surface area (Å²) in [5, 5.41) is 3.49. The van der Waals surface area contributed by atoms with Crippen LogP contribution in [0.2, 0.25) is 0 Å². The zero-order chi connectivity index (χ0) is 24.9. The summed E-state index contributed by atoms with van der Waals surface area (Å²) in [6, 6.07) is 31.4. The Bertz CT molecular complexity index is 1840. The highest BCUT2D eigenvalue weighted by atomic mass is 32.2. The molecule has 0 radical (unpaired) electrons. The summed E-state index contributed by atoms with van der Waals surface area (Å²) >= 11 is 0.986. The number of nitrogens with zero attached hydrogens (tertiary/aromatic N) is 3. The van der Waals surface area contributed by atoms with Crippen molar-refractivity contribution in [2.75, 3.05) is 0 Å². The summed E-state index contributed by atoms with van der Waals surface area (Å²) in [4.78, 5) is 38.1. The molecule has 3 heterocycles. The first-order chi connectivity index (χ1) is 18.2. The number of rotatable bonds is 3. The molecule has 4 aromatic carbocycles. The van der Waals surface area contributed by atoms with E-state index in [9.17, 15) is 9.59 Å². The van der Waals surface area contributed by atoms with Crippen LogP contribution in [-0.4, -0.2) is 26.0 Å². The molecule has 1 fully saturated rings. The molecule has 0 atom stereocenters. The maximum atomic E-state index is 13.7. The van der Waals surface area contributed by atoms with Crippen molar-refractivity contribution in [2.45, 2.75) is 6.54 Å². The number of hydrogen-bond donors (Lipinski definition) is 0. The maximum absolute atomic E-state index is 13.7. The van der Waals surface area contributed by atoms with E-state index in [4.69, 9.17) is 9.97 Å². The summed E-state index contributed by atoms with van der Waals surface area (Å²) < 4.78 is 0. The third-order valence-electron chi connectivity index (χ3n) is 6.79. The van der Waals surface area contributed by atoms with Gasteiger partial charge >= 0.3 is 0 Å². The van der Waals surface area contributed by atoms with Gasteiger partial charge in [0, 0.05) is 21.5 Å². The lowest BCUT2D eigenvalue weighted by molar-refractivity contribution is -0.123. The normalized spacial score (nSPS) is 15.1. The van der Waals surface area contributed by atoms with Crippen molar-refractivity contribution in [3.05, 3.63) is 113 Å². The van der Waals surface area contributed by atoms with E-state index >= 15 is 0 Å². The fourth-order valence-corrected chi connectivity index (χ4v) is 5.87. The summed E-state index contributed by atoms with van der Waals surface area (Å²) in [6.07, 6.45) is 1.85. The minimum Gasteiger partial charge on any atom is -0.268 e. The van der Waals surface area contributed by atoms with Crippen LogP contribution in [0.1, 0.15) is 11.1 Å². The van der Waals surface area contributed by atoms with Gasteiger partial charge in [0.1, 0.15) is 0 Å². The van der Waals surface area contributed by atoms with Crippen molar-refractivity contribution >= 4 is 72.6 Å². The smallest absolute Gasteiger partial charge is 0.268 e. The monoisotopic (exact) mass is 497 g/mol. The number of benzene rings is 4. The minimum atomic E-state index is -0.287. The number of para-hydroxylation sites is 4. The lowest BCUT2D eigenvalue weighted by Crippen LogP contribution is -2.27. The molecule has 6 aromatic rings. The minimum absolute atomic E-state index is 0.184. The Hall–Kier alpha value is -4.55. The first kappa shape index (κ1) is 21.7. The van der Waals surface area contributed by atoms with Crippen LogP contribution in [0.3, 0.4) is 0 Å². The van der Waals surface area contributed by atoms with E-state index < -0.39 is 0 Å². The van der Waals surface area contributed by atoms with Crippen LogP contribution in [0.4, 0.5) is 4.79 Å². The average molecular weight is 498 g/mol.